The highest BCUT2D eigenvalue weighted by Crippen LogP contribution is 2.35. The quantitative estimate of drug-likeness (QED) is 0.739. The van der Waals surface area contributed by atoms with Crippen molar-refractivity contribution in [1.82, 2.24) is 9.47 Å². The van der Waals surface area contributed by atoms with Crippen LogP contribution in [0.25, 0.3) is 17.0 Å². The standard InChI is InChI=1S/C20H23N3O3S/c1-3-5-9-23-19(25)16(27-20(23)26)10-14-11-22(12-17(21)24)18-13(4-2)7-6-8-15(14)18/h6-8,10-11H,3-5,9,12H2,1-2H3,(H2,21,24)/b16-10-. The van der Waals surface area contributed by atoms with Crippen LogP contribution in [-0.4, -0.2) is 33.1 Å². The van der Waals surface area contributed by atoms with E-state index in [1.807, 2.05) is 35.9 Å². The molecule has 1 aliphatic heterocycles. The summed E-state index contributed by atoms with van der Waals surface area (Å²) in [5.41, 5.74) is 8.25. The lowest BCUT2D eigenvalue weighted by Crippen LogP contribution is -2.29. The number of imide groups is 1. The van der Waals surface area contributed by atoms with Gasteiger partial charge in [0.1, 0.15) is 6.54 Å². The lowest BCUT2D eigenvalue weighted by atomic mass is 10.1. The SMILES string of the molecule is CCCCN1C(=O)S/C(=C\c2cn(CC(N)=O)c3c(CC)cccc23)C1=O. The van der Waals surface area contributed by atoms with Crippen LogP contribution in [0.15, 0.2) is 29.3 Å². The number of benzene rings is 1. The summed E-state index contributed by atoms with van der Waals surface area (Å²) >= 11 is 0.966. The van der Waals surface area contributed by atoms with Gasteiger partial charge in [0.15, 0.2) is 0 Å². The minimum absolute atomic E-state index is 0.0688. The predicted molar refractivity (Wildman–Crippen MR) is 108 cm³/mol. The molecule has 2 heterocycles. The van der Waals surface area contributed by atoms with E-state index < -0.39 is 5.91 Å². The lowest BCUT2D eigenvalue weighted by molar-refractivity contribution is -0.122. The van der Waals surface area contributed by atoms with Crippen molar-refractivity contribution in [2.24, 2.45) is 5.73 Å². The van der Waals surface area contributed by atoms with Gasteiger partial charge in [0, 0.05) is 23.7 Å². The van der Waals surface area contributed by atoms with Crippen LogP contribution in [0, 0.1) is 0 Å². The first-order chi connectivity index (χ1) is 13.0. The molecule has 27 heavy (non-hydrogen) atoms. The molecule has 0 atom stereocenters. The van der Waals surface area contributed by atoms with Gasteiger partial charge in [-0.2, -0.15) is 0 Å². The fourth-order valence-electron chi connectivity index (χ4n) is 3.31. The maximum absolute atomic E-state index is 12.6. The monoisotopic (exact) mass is 385 g/mol. The Morgan fingerprint density at radius 1 is 1.26 bits per heavy atom. The Morgan fingerprint density at radius 3 is 2.70 bits per heavy atom. The summed E-state index contributed by atoms with van der Waals surface area (Å²) in [7, 11) is 0. The maximum Gasteiger partial charge on any atom is 0.293 e. The van der Waals surface area contributed by atoms with Crippen LogP contribution in [0.1, 0.15) is 37.8 Å². The molecule has 0 radical (unpaired) electrons. The van der Waals surface area contributed by atoms with Gasteiger partial charge in [0.05, 0.1) is 10.4 Å². The van der Waals surface area contributed by atoms with Crippen molar-refractivity contribution in [3.05, 3.63) is 40.4 Å². The smallest absolute Gasteiger partial charge is 0.293 e. The van der Waals surface area contributed by atoms with Crippen molar-refractivity contribution in [2.75, 3.05) is 6.54 Å². The third kappa shape index (κ3) is 3.78. The van der Waals surface area contributed by atoms with Gasteiger partial charge in [-0.15, -0.1) is 0 Å². The molecule has 3 amide bonds. The van der Waals surface area contributed by atoms with E-state index in [9.17, 15) is 14.4 Å². The van der Waals surface area contributed by atoms with Gasteiger partial charge in [-0.3, -0.25) is 19.3 Å². The molecular formula is C20H23N3O3S. The number of aromatic nitrogens is 1. The number of nitrogens with two attached hydrogens (primary N) is 1. The molecule has 0 spiro atoms. The number of hydrogen-bond donors (Lipinski definition) is 1. The van der Waals surface area contributed by atoms with Crippen LogP contribution in [-0.2, 0) is 22.6 Å². The molecule has 3 rings (SSSR count). The summed E-state index contributed by atoms with van der Waals surface area (Å²) in [6.07, 6.45) is 6.10. The normalized spacial score (nSPS) is 16.1. The second kappa shape index (κ2) is 8.00. The van der Waals surface area contributed by atoms with Crippen LogP contribution in [0.3, 0.4) is 0 Å². The average Bonchev–Trinajstić information content (AvgIpc) is 3.11. The lowest BCUT2D eigenvalue weighted by Gasteiger charge is -2.10. The van der Waals surface area contributed by atoms with Gasteiger partial charge in [0.25, 0.3) is 11.1 Å². The number of para-hydroxylation sites is 1. The summed E-state index contributed by atoms with van der Waals surface area (Å²) in [4.78, 5) is 38.0. The number of unbranched alkanes of at least 4 members (excludes halogenated alkanes) is 1. The largest absolute Gasteiger partial charge is 0.368 e. The minimum Gasteiger partial charge on any atom is -0.368 e. The summed E-state index contributed by atoms with van der Waals surface area (Å²) in [6.45, 7) is 4.59. The van der Waals surface area contributed by atoms with Crippen molar-refractivity contribution in [1.29, 1.82) is 0 Å². The number of nitrogens with zero attached hydrogens (tertiary/aromatic N) is 2. The van der Waals surface area contributed by atoms with Crippen molar-refractivity contribution in [2.45, 2.75) is 39.7 Å². The van der Waals surface area contributed by atoms with Crippen molar-refractivity contribution >= 4 is 45.8 Å². The first-order valence-corrected chi connectivity index (χ1v) is 9.92. The van der Waals surface area contributed by atoms with E-state index in [2.05, 4.69) is 6.92 Å². The number of hydrogen-bond acceptors (Lipinski definition) is 4. The summed E-state index contributed by atoms with van der Waals surface area (Å²) in [5, 5.41) is 0.714. The van der Waals surface area contributed by atoms with E-state index in [-0.39, 0.29) is 17.7 Å². The summed E-state index contributed by atoms with van der Waals surface area (Å²) in [5.74, 6) is -0.676. The fraction of sp³-hybridized carbons (Fsp3) is 0.350. The summed E-state index contributed by atoms with van der Waals surface area (Å²) < 4.78 is 1.82. The molecule has 1 aromatic heterocycles. The van der Waals surface area contributed by atoms with Crippen LogP contribution in [0.2, 0.25) is 0 Å². The highest BCUT2D eigenvalue weighted by molar-refractivity contribution is 8.18. The molecule has 1 aromatic carbocycles. The minimum atomic E-state index is -0.427. The zero-order valence-electron chi connectivity index (χ0n) is 15.5. The zero-order chi connectivity index (χ0) is 19.6. The number of carbonyl (C=O) groups is 3. The number of aryl methyl sites for hydroxylation is 1. The Bertz CT molecular complexity index is 945. The first kappa shape index (κ1) is 19.2. The van der Waals surface area contributed by atoms with E-state index in [4.69, 9.17) is 5.73 Å². The Labute approximate surface area is 162 Å². The van der Waals surface area contributed by atoms with Gasteiger partial charge in [-0.05, 0) is 36.2 Å². The van der Waals surface area contributed by atoms with Gasteiger partial charge in [-0.25, -0.2) is 0 Å². The molecule has 7 heteroatoms. The van der Waals surface area contributed by atoms with Gasteiger partial charge in [-0.1, -0.05) is 38.5 Å². The third-order valence-electron chi connectivity index (χ3n) is 4.62. The molecule has 142 valence electrons. The molecule has 1 fully saturated rings. The second-order valence-corrected chi connectivity index (χ2v) is 7.53. The first-order valence-electron chi connectivity index (χ1n) is 9.10. The van der Waals surface area contributed by atoms with Gasteiger partial charge >= 0.3 is 0 Å². The van der Waals surface area contributed by atoms with Crippen molar-refractivity contribution in [3.8, 4) is 0 Å². The molecule has 0 aliphatic carbocycles. The number of thioether (sulfide) groups is 1. The van der Waals surface area contributed by atoms with Crippen LogP contribution in [0.5, 0.6) is 0 Å². The van der Waals surface area contributed by atoms with E-state index in [1.165, 1.54) is 4.90 Å². The fourth-order valence-corrected chi connectivity index (χ4v) is 4.16. The van der Waals surface area contributed by atoms with Crippen molar-refractivity contribution < 1.29 is 14.4 Å². The maximum atomic E-state index is 12.6. The zero-order valence-corrected chi connectivity index (χ0v) is 16.3. The van der Waals surface area contributed by atoms with E-state index in [0.717, 1.165) is 53.1 Å². The number of amides is 3. The number of carbonyl (C=O) groups excluding carboxylic acids is 3. The second-order valence-electron chi connectivity index (χ2n) is 6.53. The molecule has 0 saturated carbocycles. The van der Waals surface area contributed by atoms with Gasteiger partial charge < -0.3 is 10.3 Å². The highest BCUT2D eigenvalue weighted by Gasteiger charge is 2.34. The van der Waals surface area contributed by atoms with E-state index in [0.29, 0.717) is 11.4 Å². The number of rotatable bonds is 7. The predicted octanol–water partition coefficient (Wildman–Crippen LogP) is 3.53. The Balaban J connectivity index is 2.05. The van der Waals surface area contributed by atoms with Gasteiger partial charge in [0.2, 0.25) is 5.91 Å². The molecule has 0 bridgehead atoms. The third-order valence-corrected chi connectivity index (χ3v) is 5.52. The molecule has 1 aliphatic rings. The average molecular weight is 385 g/mol. The molecule has 1 saturated heterocycles. The van der Waals surface area contributed by atoms with E-state index in [1.54, 1.807) is 6.08 Å². The molecule has 2 aromatic rings. The highest BCUT2D eigenvalue weighted by atomic mass is 32.2. The Hall–Kier alpha value is -2.54. The van der Waals surface area contributed by atoms with Crippen LogP contribution >= 0.6 is 11.8 Å². The number of fused-ring (bicyclic) bond motifs is 1. The molecule has 0 unspecified atom stereocenters. The van der Waals surface area contributed by atoms with Crippen LogP contribution in [0.4, 0.5) is 4.79 Å². The van der Waals surface area contributed by atoms with E-state index >= 15 is 0 Å². The number of primary amides is 1. The van der Waals surface area contributed by atoms with Crippen molar-refractivity contribution in [3.63, 3.8) is 0 Å². The Kier molecular flexibility index (Phi) is 5.70. The summed E-state index contributed by atoms with van der Waals surface area (Å²) in [6, 6.07) is 5.93. The topological polar surface area (TPSA) is 85.4 Å². The Morgan fingerprint density at radius 2 is 2.04 bits per heavy atom. The van der Waals surface area contributed by atoms with Crippen LogP contribution < -0.4 is 5.73 Å². The molecular weight excluding hydrogens is 362 g/mol. The molecule has 2 N–H and O–H groups in total. The molecule has 6 nitrogen and oxygen atoms in total.